The topological polar surface area (TPSA) is 142 Å². The summed E-state index contributed by atoms with van der Waals surface area (Å²) in [6, 6.07) is 7.61. The number of methoxy groups -OCH3 is 1. The highest BCUT2D eigenvalue weighted by atomic mass is 32.1. The fraction of sp³-hybridized carbons (Fsp3) is 0.516. The van der Waals surface area contributed by atoms with Gasteiger partial charge in [-0.05, 0) is 57.6 Å². The van der Waals surface area contributed by atoms with Gasteiger partial charge in [0.1, 0.15) is 21.1 Å². The van der Waals surface area contributed by atoms with Crippen molar-refractivity contribution in [3.05, 3.63) is 68.6 Å². The minimum absolute atomic E-state index is 0.0891. The first-order valence-corrected chi connectivity index (χ1v) is 15.6. The molecule has 0 aliphatic carbocycles. The molecule has 1 aliphatic rings. The first-order chi connectivity index (χ1) is 21.0. The Hall–Kier alpha value is -3.81. The summed E-state index contributed by atoms with van der Waals surface area (Å²) < 4.78 is 13.1. The van der Waals surface area contributed by atoms with Gasteiger partial charge in [-0.3, -0.25) is 14.2 Å². The SMILES string of the molecule is COc1ccccc1CCn1c(=O)n(C(C)(C)C(=O)NCC(C)C)c(=O)c2c(C)c(-n3nccn3)sc21.OC1CCOCC1. The van der Waals surface area contributed by atoms with Gasteiger partial charge in [-0.2, -0.15) is 10.2 Å². The van der Waals surface area contributed by atoms with Gasteiger partial charge in [0.05, 0.1) is 31.0 Å². The van der Waals surface area contributed by atoms with E-state index in [2.05, 4.69) is 15.5 Å². The van der Waals surface area contributed by atoms with Crippen LogP contribution in [0.2, 0.25) is 0 Å². The molecule has 0 bridgehead atoms. The van der Waals surface area contributed by atoms with Crippen LogP contribution in [0.4, 0.5) is 0 Å². The number of nitrogens with one attached hydrogen (secondary N) is 1. The third-order valence-corrected chi connectivity index (χ3v) is 8.84. The number of benzene rings is 1. The van der Waals surface area contributed by atoms with Crippen molar-refractivity contribution in [3.63, 3.8) is 0 Å². The van der Waals surface area contributed by atoms with Gasteiger partial charge in [0.15, 0.2) is 0 Å². The van der Waals surface area contributed by atoms with E-state index in [-0.39, 0.29) is 18.6 Å². The fourth-order valence-electron chi connectivity index (χ4n) is 4.98. The molecule has 13 heteroatoms. The number of hydrogen-bond acceptors (Lipinski definition) is 9. The average Bonchev–Trinajstić information content (AvgIpc) is 3.65. The van der Waals surface area contributed by atoms with Crippen LogP contribution >= 0.6 is 11.3 Å². The molecule has 1 saturated heterocycles. The number of aliphatic hydroxyl groups is 1. The zero-order valence-corrected chi connectivity index (χ0v) is 27.0. The van der Waals surface area contributed by atoms with Crippen LogP contribution in [0.15, 0.2) is 46.2 Å². The molecule has 0 unspecified atom stereocenters. The zero-order chi connectivity index (χ0) is 32.0. The highest BCUT2D eigenvalue weighted by Crippen LogP contribution is 2.31. The molecule has 0 atom stereocenters. The smallest absolute Gasteiger partial charge is 0.333 e. The molecule has 1 fully saturated rings. The number of aliphatic hydroxyl groups excluding tert-OH is 1. The molecular formula is C31H42N6O6S. The standard InChI is InChI=1S/C26H32N6O4S.C5H10O2/c1-16(2)15-27-24(34)26(4,5)31-21(33)20-17(3)22(32-28-12-13-29-32)37-23(20)30(25(31)35)14-11-18-9-7-8-10-19(18)36-6;6-5-1-3-7-4-2-5/h7-10,12-13,16H,11,14-15H2,1-6H3,(H,27,34);5-6H,1-4H2. The Morgan fingerprint density at radius 2 is 1.84 bits per heavy atom. The molecule has 0 radical (unpaired) electrons. The monoisotopic (exact) mass is 626 g/mol. The number of nitrogens with zero attached hydrogens (tertiary/aromatic N) is 5. The van der Waals surface area contributed by atoms with Crippen LogP contribution in [-0.4, -0.2) is 68.1 Å². The summed E-state index contributed by atoms with van der Waals surface area (Å²) >= 11 is 1.28. The van der Waals surface area contributed by atoms with Crippen molar-refractivity contribution in [3.8, 4) is 10.8 Å². The molecule has 44 heavy (non-hydrogen) atoms. The van der Waals surface area contributed by atoms with Gasteiger partial charge in [0.25, 0.3) is 5.56 Å². The largest absolute Gasteiger partial charge is 0.496 e. The van der Waals surface area contributed by atoms with Crippen molar-refractivity contribution in [2.24, 2.45) is 5.92 Å². The number of hydrogen-bond donors (Lipinski definition) is 2. The quantitative estimate of drug-likeness (QED) is 0.289. The van der Waals surface area contributed by atoms with Gasteiger partial charge in [0.2, 0.25) is 5.91 Å². The number of rotatable bonds is 9. The predicted octanol–water partition coefficient (Wildman–Crippen LogP) is 3.03. The summed E-state index contributed by atoms with van der Waals surface area (Å²) in [6.45, 7) is 11.2. The number of thiophene rings is 1. The van der Waals surface area contributed by atoms with Crippen molar-refractivity contribution in [1.82, 2.24) is 29.4 Å². The van der Waals surface area contributed by atoms with Crippen molar-refractivity contribution in [2.75, 3.05) is 26.9 Å². The van der Waals surface area contributed by atoms with E-state index >= 15 is 0 Å². The minimum Gasteiger partial charge on any atom is -0.496 e. The summed E-state index contributed by atoms with van der Waals surface area (Å²) in [5.41, 5.74) is -0.885. The Morgan fingerprint density at radius 3 is 2.43 bits per heavy atom. The number of amides is 1. The Balaban J connectivity index is 0.000000555. The summed E-state index contributed by atoms with van der Waals surface area (Å²) in [5.74, 6) is 0.551. The normalized spacial score (nSPS) is 14.0. The van der Waals surface area contributed by atoms with Gasteiger partial charge in [-0.25, -0.2) is 9.36 Å². The second kappa shape index (κ2) is 14.3. The number of ether oxygens (including phenoxy) is 2. The minimum atomic E-state index is -1.41. The maximum atomic E-state index is 14.0. The predicted molar refractivity (Wildman–Crippen MR) is 170 cm³/mol. The lowest BCUT2D eigenvalue weighted by molar-refractivity contribution is -0.128. The summed E-state index contributed by atoms with van der Waals surface area (Å²) in [5, 5.41) is 21.2. The molecule has 0 saturated carbocycles. The van der Waals surface area contributed by atoms with Crippen LogP contribution in [0.25, 0.3) is 15.2 Å². The molecule has 1 amide bonds. The van der Waals surface area contributed by atoms with E-state index in [9.17, 15) is 14.4 Å². The van der Waals surface area contributed by atoms with Crippen LogP contribution in [-0.2, 0) is 28.0 Å². The summed E-state index contributed by atoms with van der Waals surface area (Å²) in [7, 11) is 1.60. The van der Waals surface area contributed by atoms with Gasteiger partial charge < -0.3 is 19.9 Å². The van der Waals surface area contributed by atoms with Crippen molar-refractivity contribution in [2.45, 2.75) is 72.1 Å². The van der Waals surface area contributed by atoms with Crippen LogP contribution in [0.5, 0.6) is 5.75 Å². The van der Waals surface area contributed by atoms with Gasteiger partial charge in [0, 0.05) is 31.9 Å². The van der Waals surface area contributed by atoms with E-state index in [1.54, 1.807) is 37.9 Å². The molecule has 1 aromatic carbocycles. The van der Waals surface area contributed by atoms with Gasteiger partial charge in [-0.1, -0.05) is 43.4 Å². The lowest BCUT2D eigenvalue weighted by atomic mass is 10.0. The van der Waals surface area contributed by atoms with E-state index in [1.807, 2.05) is 45.0 Å². The van der Waals surface area contributed by atoms with Gasteiger partial charge in [-0.15, -0.1) is 4.80 Å². The first-order valence-electron chi connectivity index (χ1n) is 14.8. The molecule has 2 N–H and O–H groups in total. The molecule has 4 heterocycles. The van der Waals surface area contributed by atoms with E-state index in [1.165, 1.54) is 16.1 Å². The highest BCUT2D eigenvalue weighted by Gasteiger charge is 2.35. The van der Waals surface area contributed by atoms with Crippen LogP contribution in [0.3, 0.4) is 0 Å². The Bertz CT molecular complexity index is 1680. The first kappa shape index (κ1) is 33.1. The number of para-hydroxylation sites is 1. The summed E-state index contributed by atoms with van der Waals surface area (Å²) in [6.07, 6.45) is 5.15. The third kappa shape index (κ3) is 7.11. The lowest BCUT2D eigenvalue weighted by Crippen LogP contribution is -2.56. The van der Waals surface area contributed by atoms with E-state index in [0.717, 1.165) is 41.9 Å². The van der Waals surface area contributed by atoms with E-state index < -0.39 is 22.7 Å². The number of aromatic nitrogens is 5. The third-order valence-electron chi connectivity index (χ3n) is 7.56. The molecule has 238 valence electrons. The maximum absolute atomic E-state index is 14.0. The number of carbonyl (C=O) groups is 1. The number of carbonyl (C=O) groups excluding carboxylic acids is 1. The van der Waals surface area contributed by atoms with E-state index in [0.29, 0.717) is 33.7 Å². The second-order valence-corrected chi connectivity index (χ2v) is 12.7. The van der Waals surface area contributed by atoms with Gasteiger partial charge >= 0.3 is 5.69 Å². The second-order valence-electron chi connectivity index (χ2n) is 11.7. The van der Waals surface area contributed by atoms with E-state index in [4.69, 9.17) is 14.6 Å². The molecule has 4 aromatic rings. The molecule has 12 nitrogen and oxygen atoms in total. The number of aryl methyl sites for hydroxylation is 3. The molecular weight excluding hydrogens is 584 g/mol. The Morgan fingerprint density at radius 1 is 1.18 bits per heavy atom. The molecule has 0 spiro atoms. The zero-order valence-electron chi connectivity index (χ0n) is 26.2. The molecule has 5 rings (SSSR count). The Labute approximate surface area is 260 Å². The average molecular weight is 627 g/mol. The maximum Gasteiger partial charge on any atom is 0.333 e. The van der Waals surface area contributed by atoms with Crippen LogP contribution in [0.1, 0.15) is 51.7 Å². The number of fused-ring (bicyclic) bond motifs is 1. The van der Waals surface area contributed by atoms with Crippen molar-refractivity contribution >= 4 is 27.5 Å². The Kier molecular flexibility index (Phi) is 10.8. The molecule has 1 aliphatic heterocycles. The lowest BCUT2D eigenvalue weighted by Gasteiger charge is -2.27. The van der Waals surface area contributed by atoms with Crippen molar-refractivity contribution in [1.29, 1.82) is 0 Å². The molecule has 3 aromatic heterocycles. The summed E-state index contributed by atoms with van der Waals surface area (Å²) in [4.78, 5) is 43.0. The highest BCUT2D eigenvalue weighted by molar-refractivity contribution is 7.21. The van der Waals surface area contributed by atoms with Crippen molar-refractivity contribution < 1.29 is 19.4 Å². The van der Waals surface area contributed by atoms with Crippen LogP contribution < -0.4 is 21.3 Å². The fourth-order valence-corrected chi connectivity index (χ4v) is 6.21. The van der Waals surface area contributed by atoms with Crippen LogP contribution in [0, 0.1) is 12.8 Å².